The molecule has 1 N–H and O–H groups in total. The van der Waals surface area contributed by atoms with Crippen LogP contribution in [0.15, 0.2) is 24.3 Å². The smallest absolute Gasteiger partial charge is 0.336 e. The summed E-state index contributed by atoms with van der Waals surface area (Å²) in [6, 6.07) is 4.84. The van der Waals surface area contributed by atoms with E-state index in [0.717, 1.165) is 12.2 Å². The average molecular weight is 243 g/mol. The first-order valence-corrected chi connectivity index (χ1v) is 5.47. The zero-order valence-corrected chi connectivity index (χ0v) is 9.63. The second-order valence-electron chi connectivity index (χ2n) is 2.92. The van der Waals surface area contributed by atoms with Gasteiger partial charge in [-0.05, 0) is 24.3 Å². The molecule has 0 atom stereocenters. The number of carboxylic acid groups (broad SMARTS) is 1. The first-order valence-electron chi connectivity index (χ1n) is 4.46. The molecule has 4 heteroatoms. The van der Waals surface area contributed by atoms with E-state index >= 15 is 0 Å². The maximum atomic E-state index is 10.9. The van der Waals surface area contributed by atoms with Gasteiger partial charge < -0.3 is 5.11 Å². The van der Waals surface area contributed by atoms with Gasteiger partial charge in [-0.25, -0.2) is 4.79 Å². The van der Waals surface area contributed by atoms with Crippen molar-refractivity contribution in [1.29, 1.82) is 0 Å². The summed E-state index contributed by atoms with van der Waals surface area (Å²) in [5.74, 6) is -0.244. The second-order valence-corrected chi connectivity index (χ2v) is 3.78. The van der Waals surface area contributed by atoms with Crippen molar-refractivity contribution >= 4 is 36.3 Å². The lowest BCUT2D eigenvalue weighted by molar-refractivity contribution is 0.0696. The van der Waals surface area contributed by atoms with Crippen molar-refractivity contribution < 1.29 is 9.90 Å². The predicted molar refractivity (Wildman–Crippen MR) is 65.9 cm³/mol. The molecule has 0 aliphatic heterocycles. The normalized spacial score (nSPS) is 10.8. The van der Waals surface area contributed by atoms with E-state index in [1.165, 1.54) is 6.07 Å². The largest absolute Gasteiger partial charge is 0.478 e. The van der Waals surface area contributed by atoms with Gasteiger partial charge in [0, 0.05) is 10.6 Å². The minimum atomic E-state index is -0.969. The summed E-state index contributed by atoms with van der Waals surface area (Å²) < 4.78 is 0. The maximum Gasteiger partial charge on any atom is 0.336 e. The monoisotopic (exact) mass is 242 g/mol. The Labute approximate surface area is 99.0 Å². The van der Waals surface area contributed by atoms with Crippen molar-refractivity contribution in [3.05, 3.63) is 40.4 Å². The van der Waals surface area contributed by atoms with Crippen LogP contribution >= 0.6 is 24.2 Å². The lowest BCUT2D eigenvalue weighted by Crippen LogP contribution is -1.99. The highest BCUT2D eigenvalue weighted by Gasteiger charge is 2.09. The second kappa shape index (κ2) is 5.83. The molecule has 0 aromatic heterocycles. The Morgan fingerprint density at radius 1 is 1.53 bits per heavy atom. The minimum Gasteiger partial charge on any atom is -0.478 e. The molecule has 0 aliphatic carbocycles. The zero-order chi connectivity index (χ0) is 11.3. The van der Waals surface area contributed by atoms with Crippen LogP contribution in [0.25, 0.3) is 6.08 Å². The molecule has 0 unspecified atom stereocenters. The number of halogens is 1. The van der Waals surface area contributed by atoms with E-state index in [1.807, 2.05) is 6.08 Å². The summed E-state index contributed by atoms with van der Waals surface area (Å²) in [5, 5.41) is 9.39. The molecule has 80 valence electrons. The summed E-state index contributed by atoms with van der Waals surface area (Å²) in [5.41, 5.74) is 0.770. The molecule has 0 saturated heterocycles. The number of hydrogen-bond donors (Lipinski definition) is 2. The van der Waals surface area contributed by atoms with Gasteiger partial charge in [0.05, 0.1) is 5.56 Å². The van der Waals surface area contributed by atoms with E-state index < -0.39 is 5.97 Å². The first-order chi connectivity index (χ1) is 7.16. The summed E-state index contributed by atoms with van der Waals surface area (Å²) in [6.45, 7) is 0. The SMILES string of the molecule is O=C(O)c1cccc(Cl)c1C=CCCS. The van der Waals surface area contributed by atoms with Gasteiger partial charge in [0.1, 0.15) is 0 Å². The summed E-state index contributed by atoms with van der Waals surface area (Å²) in [4.78, 5) is 10.9. The molecule has 0 amide bonds. The first kappa shape index (κ1) is 12.1. The van der Waals surface area contributed by atoms with Gasteiger partial charge in [0.2, 0.25) is 0 Å². The van der Waals surface area contributed by atoms with Crippen LogP contribution in [0.3, 0.4) is 0 Å². The number of hydrogen-bond acceptors (Lipinski definition) is 2. The molecule has 0 bridgehead atoms. The fourth-order valence-corrected chi connectivity index (χ4v) is 1.56. The van der Waals surface area contributed by atoms with Gasteiger partial charge in [-0.3, -0.25) is 0 Å². The van der Waals surface area contributed by atoms with Crippen LogP contribution < -0.4 is 0 Å². The zero-order valence-electron chi connectivity index (χ0n) is 7.98. The molecule has 1 aromatic carbocycles. The molecule has 0 heterocycles. The number of thiol groups is 1. The Kier molecular flexibility index (Phi) is 4.72. The van der Waals surface area contributed by atoms with Crippen molar-refractivity contribution in [1.82, 2.24) is 0 Å². The Morgan fingerprint density at radius 3 is 2.87 bits per heavy atom. The van der Waals surface area contributed by atoms with Gasteiger partial charge in [-0.15, -0.1) is 0 Å². The molecular weight excluding hydrogens is 232 g/mol. The molecule has 2 nitrogen and oxygen atoms in total. The van der Waals surface area contributed by atoms with Crippen LogP contribution in [-0.2, 0) is 0 Å². The topological polar surface area (TPSA) is 37.3 Å². The number of benzene rings is 1. The molecule has 1 aromatic rings. The molecular formula is C11H11ClO2S. The fraction of sp³-hybridized carbons (Fsp3) is 0.182. The van der Waals surface area contributed by atoms with Crippen LogP contribution in [0.4, 0.5) is 0 Å². The van der Waals surface area contributed by atoms with Crippen molar-refractivity contribution in [3.63, 3.8) is 0 Å². The van der Waals surface area contributed by atoms with Crippen LogP contribution in [0, 0.1) is 0 Å². The van der Waals surface area contributed by atoms with Crippen molar-refractivity contribution in [2.45, 2.75) is 6.42 Å². The molecule has 15 heavy (non-hydrogen) atoms. The van der Waals surface area contributed by atoms with E-state index in [9.17, 15) is 4.79 Å². The van der Waals surface area contributed by atoms with Gasteiger partial charge in [0.25, 0.3) is 0 Å². The Morgan fingerprint density at radius 2 is 2.27 bits per heavy atom. The van der Waals surface area contributed by atoms with Crippen molar-refractivity contribution in [2.24, 2.45) is 0 Å². The number of carbonyl (C=O) groups is 1. The summed E-state index contributed by atoms with van der Waals surface area (Å²) in [6.07, 6.45) is 4.37. The maximum absolute atomic E-state index is 10.9. The number of allylic oxidation sites excluding steroid dienone is 1. The van der Waals surface area contributed by atoms with Gasteiger partial charge >= 0.3 is 5.97 Å². The lowest BCUT2D eigenvalue weighted by Gasteiger charge is -2.02. The van der Waals surface area contributed by atoms with E-state index in [-0.39, 0.29) is 5.56 Å². The average Bonchev–Trinajstić information content (AvgIpc) is 2.20. The van der Waals surface area contributed by atoms with E-state index in [1.54, 1.807) is 18.2 Å². The third kappa shape index (κ3) is 3.29. The highest BCUT2D eigenvalue weighted by Crippen LogP contribution is 2.21. The fourth-order valence-electron chi connectivity index (χ4n) is 1.17. The highest BCUT2D eigenvalue weighted by molar-refractivity contribution is 7.80. The molecule has 0 fully saturated rings. The summed E-state index contributed by atoms with van der Waals surface area (Å²) in [7, 11) is 0. The quantitative estimate of drug-likeness (QED) is 0.795. The standard InChI is InChI=1S/C11H11ClO2S/c12-10-6-3-5-9(11(13)14)8(10)4-1-2-7-15/h1,3-6,15H,2,7H2,(H,13,14). The predicted octanol–water partition coefficient (Wildman–Crippen LogP) is 3.37. The highest BCUT2D eigenvalue weighted by atomic mass is 35.5. The molecule has 0 spiro atoms. The van der Waals surface area contributed by atoms with E-state index in [0.29, 0.717) is 10.6 Å². The Bertz CT molecular complexity index is 388. The lowest BCUT2D eigenvalue weighted by atomic mass is 10.1. The Hall–Kier alpha value is -0.930. The van der Waals surface area contributed by atoms with Crippen LogP contribution in [-0.4, -0.2) is 16.8 Å². The van der Waals surface area contributed by atoms with Crippen molar-refractivity contribution in [3.8, 4) is 0 Å². The Balaban J connectivity index is 3.07. The summed E-state index contributed by atoms with van der Waals surface area (Å²) >= 11 is 9.98. The number of rotatable bonds is 4. The third-order valence-electron chi connectivity index (χ3n) is 1.86. The minimum absolute atomic E-state index is 0.220. The molecule has 0 aliphatic rings. The van der Waals surface area contributed by atoms with Gasteiger partial charge in [-0.2, -0.15) is 12.6 Å². The van der Waals surface area contributed by atoms with E-state index in [2.05, 4.69) is 12.6 Å². The van der Waals surface area contributed by atoms with Crippen LogP contribution in [0.1, 0.15) is 22.3 Å². The van der Waals surface area contributed by atoms with E-state index in [4.69, 9.17) is 16.7 Å². The van der Waals surface area contributed by atoms with Gasteiger partial charge in [-0.1, -0.05) is 29.8 Å². The van der Waals surface area contributed by atoms with Crippen molar-refractivity contribution in [2.75, 3.05) is 5.75 Å². The molecule has 0 saturated carbocycles. The molecule has 1 rings (SSSR count). The third-order valence-corrected chi connectivity index (χ3v) is 2.45. The molecule has 0 radical (unpaired) electrons. The van der Waals surface area contributed by atoms with Crippen LogP contribution in [0.5, 0.6) is 0 Å². The number of aromatic carboxylic acids is 1. The van der Waals surface area contributed by atoms with Gasteiger partial charge in [0.15, 0.2) is 0 Å². The number of carboxylic acids is 1. The van der Waals surface area contributed by atoms with Crippen LogP contribution in [0.2, 0.25) is 5.02 Å².